The normalized spacial score (nSPS) is 11.7. The Morgan fingerprint density at radius 2 is 1.82 bits per heavy atom. The fourth-order valence-corrected chi connectivity index (χ4v) is 2.07. The average molecular weight is 301 g/mol. The van der Waals surface area contributed by atoms with Crippen molar-refractivity contribution in [2.24, 2.45) is 0 Å². The molecule has 2 aromatic rings. The molecule has 0 aliphatic rings. The Balaban J connectivity index is 1.79. The van der Waals surface area contributed by atoms with E-state index in [0.717, 1.165) is 11.1 Å². The second-order valence-corrected chi connectivity index (χ2v) is 5.13. The van der Waals surface area contributed by atoms with Crippen molar-refractivity contribution >= 4 is 6.09 Å². The maximum absolute atomic E-state index is 11.7. The maximum Gasteiger partial charge on any atom is 0.407 e. The van der Waals surface area contributed by atoms with Crippen LogP contribution in [-0.4, -0.2) is 22.3 Å². The van der Waals surface area contributed by atoms with Crippen molar-refractivity contribution in [3.8, 4) is 11.5 Å². The molecule has 116 valence electrons. The maximum atomic E-state index is 11.7. The van der Waals surface area contributed by atoms with E-state index in [9.17, 15) is 15.0 Å². The van der Waals surface area contributed by atoms with E-state index in [4.69, 9.17) is 4.74 Å². The summed E-state index contributed by atoms with van der Waals surface area (Å²) in [6, 6.07) is 13.9. The number of amides is 1. The monoisotopic (exact) mass is 301 g/mol. The van der Waals surface area contributed by atoms with E-state index in [2.05, 4.69) is 5.32 Å². The van der Waals surface area contributed by atoms with Gasteiger partial charge in [-0.2, -0.15) is 0 Å². The molecule has 1 atom stereocenters. The molecular formula is C17H19NO4. The second kappa shape index (κ2) is 7.36. The number of hydrogen-bond donors (Lipinski definition) is 3. The van der Waals surface area contributed by atoms with Crippen LogP contribution in [0.4, 0.5) is 4.79 Å². The van der Waals surface area contributed by atoms with E-state index in [1.165, 1.54) is 12.1 Å². The van der Waals surface area contributed by atoms with Crippen molar-refractivity contribution in [3.05, 3.63) is 59.7 Å². The first-order valence-electron chi connectivity index (χ1n) is 7.02. The predicted octanol–water partition coefficient (Wildman–Crippen LogP) is 2.96. The van der Waals surface area contributed by atoms with Crippen molar-refractivity contribution in [1.82, 2.24) is 5.32 Å². The molecule has 0 aromatic heterocycles. The zero-order chi connectivity index (χ0) is 15.9. The standard InChI is InChI=1S/C17H19NO4/c1-12(9-14-7-8-15(19)16(20)10-14)18-17(21)22-11-13-5-3-2-4-6-13/h2-8,10,12,19-20H,9,11H2,1H3,(H,18,21). The number of ether oxygens (including phenoxy) is 1. The van der Waals surface area contributed by atoms with Crippen LogP contribution in [0, 0.1) is 0 Å². The number of hydrogen-bond acceptors (Lipinski definition) is 4. The van der Waals surface area contributed by atoms with Gasteiger partial charge in [0.15, 0.2) is 11.5 Å². The van der Waals surface area contributed by atoms with Gasteiger partial charge in [0.2, 0.25) is 0 Å². The average Bonchev–Trinajstić information content (AvgIpc) is 2.50. The Labute approximate surface area is 129 Å². The second-order valence-electron chi connectivity index (χ2n) is 5.13. The summed E-state index contributed by atoms with van der Waals surface area (Å²) >= 11 is 0. The van der Waals surface area contributed by atoms with Crippen LogP contribution in [0.15, 0.2) is 48.5 Å². The summed E-state index contributed by atoms with van der Waals surface area (Å²) in [7, 11) is 0. The first kappa shape index (κ1) is 15.7. The Morgan fingerprint density at radius 1 is 1.09 bits per heavy atom. The van der Waals surface area contributed by atoms with Crippen LogP contribution >= 0.6 is 0 Å². The zero-order valence-corrected chi connectivity index (χ0v) is 12.3. The molecule has 0 aliphatic carbocycles. The van der Waals surface area contributed by atoms with Gasteiger partial charge in [0.25, 0.3) is 0 Å². The Morgan fingerprint density at radius 3 is 2.50 bits per heavy atom. The molecule has 2 aromatic carbocycles. The van der Waals surface area contributed by atoms with Gasteiger partial charge in [-0.1, -0.05) is 36.4 Å². The first-order valence-corrected chi connectivity index (χ1v) is 7.02. The lowest BCUT2D eigenvalue weighted by Gasteiger charge is -2.14. The van der Waals surface area contributed by atoms with Crippen LogP contribution in [-0.2, 0) is 17.8 Å². The molecule has 3 N–H and O–H groups in total. The summed E-state index contributed by atoms with van der Waals surface area (Å²) in [4.78, 5) is 11.7. The lowest BCUT2D eigenvalue weighted by Crippen LogP contribution is -2.34. The number of benzene rings is 2. The highest BCUT2D eigenvalue weighted by atomic mass is 16.5. The molecule has 1 amide bonds. The Kier molecular flexibility index (Phi) is 5.25. The van der Waals surface area contributed by atoms with E-state index >= 15 is 0 Å². The van der Waals surface area contributed by atoms with Crippen LogP contribution in [0.5, 0.6) is 11.5 Å². The van der Waals surface area contributed by atoms with Crippen molar-refractivity contribution in [2.75, 3.05) is 0 Å². The van der Waals surface area contributed by atoms with E-state index in [1.807, 2.05) is 37.3 Å². The molecule has 5 heteroatoms. The molecule has 0 heterocycles. The number of phenolic OH excluding ortho intramolecular Hbond substituents is 2. The zero-order valence-electron chi connectivity index (χ0n) is 12.3. The molecule has 0 radical (unpaired) electrons. The molecule has 0 saturated heterocycles. The molecular weight excluding hydrogens is 282 g/mol. The quantitative estimate of drug-likeness (QED) is 0.742. The van der Waals surface area contributed by atoms with Gasteiger partial charge >= 0.3 is 6.09 Å². The van der Waals surface area contributed by atoms with Gasteiger partial charge < -0.3 is 20.3 Å². The molecule has 0 spiro atoms. The van der Waals surface area contributed by atoms with E-state index < -0.39 is 6.09 Å². The molecule has 1 unspecified atom stereocenters. The van der Waals surface area contributed by atoms with E-state index in [0.29, 0.717) is 6.42 Å². The van der Waals surface area contributed by atoms with Crippen molar-refractivity contribution in [1.29, 1.82) is 0 Å². The number of carbonyl (C=O) groups excluding carboxylic acids is 1. The number of nitrogens with one attached hydrogen (secondary N) is 1. The van der Waals surface area contributed by atoms with E-state index in [1.54, 1.807) is 6.07 Å². The smallest absolute Gasteiger partial charge is 0.407 e. The lowest BCUT2D eigenvalue weighted by atomic mass is 10.1. The van der Waals surface area contributed by atoms with E-state index in [-0.39, 0.29) is 24.1 Å². The molecule has 2 rings (SSSR count). The third-order valence-electron chi connectivity index (χ3n) is 3.16. The minimum Gasteiger partial charge on any atom is -0.504 e. The SMILES string of the molecule is CC(Cc1ccc(O)c(O)c1)NC(=O)OCc1ccccc1. The molecule has 0 fully saturated rings. The van der Waals surface area contributed by atoms with Crippen LogP contribution in [0.25, 0.3) is 0 Å². The molecule has 0 saturated carbocycles. The van der Waals surface area contributed by atoms with Gasteiger partial charge in [-0.25, -0.2) is 4.79 Å². The summed E-state index contributed by atoms with van der Waals surface area (Å²) < 4.78 is 5.14. The summed E-state index contributed by atoms with van der Waals surface area (Å²) in [5.41, 5.74) is 1.74. The van der Waals surface area contributed by atoms with Crippen LogP contribution in [0.1, 0.15) is 18.1 Å². The predicted molar refractivity (Wildman–Crippen MR) is 82.7 cm³/mol. The van der Waals surface area contributed by atoms with Crippen molar-refractivity contribution in [2.45, 2.75) is 26.0 Å². The third kappa shape index (κ3) is 4.70. The fraction of sp³-hybridized carbons (Fsp3) is 0.235. The minimum atomic E-state index is -0.487. The first-order chi connectivity index (χ1) is 10.5. The highest BCUT2D eigenvalue weighted by Gasteiger charge is 2.10. The van der Waals surface area contributed by atoms with Gasteiger partial charge in [0, 0.05) is 6.04 Å². The van der Waals surface area contributed by atoms with Crippen LogP contribution < -0.4 is 5.32 Å². The Bertz CT molecular complexity index is 628. The lowest BCUT2D eigenvalue weighted by molar-refractivity contribution is 0.136. The highest BCUT2D eigenvalue weighted by Crippen LogP contribution is 2.25. The highest BCUT2D eigenvalue weighted by molar-refractivity contribution is 5.67. The summed E-state index contributed by atoms with van der Waals surface area (Å²) in [5, 5.41) is 21.4. The summed E-state index contributed by atoms with van der Waals surface area (Å²) in [6.07, 6.45) is 0.0354. The van der Waals surface area contributed by atoms with Crippen LogP contribution in [0.2, 0.25) is 0 Å². The van der Waals surface area contributed by atoms with Gasteiger partial charge in [0.05, 0.1) is 0 Å². The molecule has 22 heavy (non-hydrogen) atoms. The Hall–Kier alpha value is -2.69. The number of phenols is 2. The van der Waals surface area contributed by atoms with Gasteiger partial charge in [-0.3, -0.25) is 0 Å². The minimum absolute atomic E-state index is 0.160. The third-order valence-corrected chi connectivity index (χ3v) is 3.16. The number of rotatable bonds is 5. The summed E-state index contributed by atoms with van der Waals surface area (Å²) in [5.74, 6) is -0.331. The van der Waals surface area contributed by atoms with Gasteiger partial charge in [-0.15, -0.1) is 0 Å². The van der Waals surface area contributed by atoms with Crippen LogP contribution in [0.3, 0.4) is 0 Å². The van der Waals surface area contributed by atoms with Crippen molar-refractivity contribution < 1.29 is 19.7 Å². The van der Waals surface area contributed by atoms with Crippen molar-refractivity contribution in [3.63, 3.8) is 0 Å². The largest absolute Gasteiger partial charge is 0.504 e. The topological polar surface area (TPSA) is 78.8 Å². The number of aromatic hydroxyl groups is 2. The molecule has 5 nitrogen and oxygen atoms in total. The number of alkyl carbamates (subject to hydrolysis) is 1. The molecule has 0 aliphatic heterocycles. The van der Waals surface area contributed by atoms with Gasteiger partial charge in [-0.05, 0) is 36.6 Å². The number of carbonyl (C=O) groups is 1. The fourth-order valence-electron chi connectivity index (χ4n) is 2.07. The molecule has 0 bridgehead atoms. The van der Waals surface area contributed by atoms with Gasteiger partial charge in [0.1, 0.15) is 6.61 Å². The summed E-state index contributed by atoms with van der Waals surface area (Å²) in [6.45, 7) is 2.06.